The largest absolute Gasteiger partial charge is 0.382 e. The third-order valence-electron chi connectivity index (χ3n) is 4.12. The molecule has 2 rings (SSSR count). The molecule has 2 nitrogen and oxygen atoms in total. The summed E-state index contributed by atoms with van der Waals surface area (Å²) in [7, 11) is 2.17. The Labute approximate surface area is 109 Å². The SMILES string of the molecule is Cc1c(F)cccc1NC(C)C1CCN(C)CC1. The average Bonchev–Trinajstić information content (AvgIpc) is 2.36. The van der Waals surface area contributed by atoms with Crippen LogP contribution in [0.3, 0.4) is 0 Å². The van der Waals surface area contributed by atoms with Gasteiger partial charge in [0.15, 0.2) is 0 Å². The molecule has 0 spiro atoms. The van der Waals surface area contributed by atoms with Crippen LogP contribution in [0.5, 0.6) is 0 Å². The first-order valence-corrected chi connectivity index (χ1v) is 6.78. The van der Waals surface area contributed by atoms with E-state index in [0.29, 0.717) is 12.0 Å². The van der Waals surface area contributed by atoms with Gasteiger partial charge in [0.2, 0.25) is 0 Å². The summed E-state index contributed by atoms with van der Waals surface area (Å²) < 4.78 is 13.5. The molecule has 0 aromatic heterocycles. The second-order valence-corrected chi connectivity index (χ2v) is 5.49. The lowest BCUT2D eigenvalue weighted by atomic mass is 9.90. The number of rotatable bonds is 3. The third kappa shape index (κ3) is 3.02. The van der Waals surface area contributed by atoms with Gasteiger partial charge in [0.25, 0.3) is 0 Å². The standard InChI is InChI=1S/C15H23FN2/c1-11-14(16)5-4-6-15(11)17-12(2)13-7-9-18(3)10-8-13/h4-6,12-13,17H,7-10H2,1-3H3. The first kappa shape index (κ1) is 13.3. The molecule has 1 aliphatic heterocycles. The molecule has 1 aliphatic rings. The second-order valence-electron chi connectivity index (χ2n) is 5.49. The van der Waals surface area contributed by atoms with Crippen LogP contribution in [0, 0.1) is 18.7 Å². The van der Waals surface area contributed by atoms with Crippen LogP contribution in [0.1, 0.15) is 25.3 Å². The van der Waals surface area contributed by atoms with Gasteiger partial charge >= 0.3 is 0 Å². The van der Waals surface area contributed by atoms with Crippen molar-refractivity contribution < 1.29 is 4.39 Å². The number of nitrogens with zero attached hydrogens (tertiary/aromatic N) is 1. The van der Waals surface area contributed by atoms with Gasteiger partial charge in [0.1, 0.15) is 5.82 Å². The molecule has 0 radical (unpaired) electrons. The summed E-state index contributed by atoms with van der Waals surface area (Å²) in [6.45, 7) is 6.37. The fraction of sp³-hybridized carbons (Fsp3) is 0.600. The fourth-order valence-electron chi connectivity index (χ4n) is 2.66. The first-order chi connectivity index (χ1) is 8.58. The van der Waals surface area contributed by atoms with Gasteiger partial charge in [0.05, 0.1) is 0 Å². The number of likely N-dealkylation sites (tertiary alicyclic amines) is 1. The molecule has 1 saturated heterocycles. The van der Waals surface area contributed by atoms with Crippen LogP contribution >= 0.6 is 0 Å². The normalized spacial score (nSPS) is 19.8. The topological polar surface area (TPSA) is 15.3 Å². The highest BCUT2D eigenvalue weighted by atomic mass is 19.1. The molecular formula is C15H23FN2. The highest BCUT2D eigenvalue weighted by Gasteiger charge is 2.22. The van der Waals surface area contributed by atoms with Crippen LogP contribution < -0.4 is 5.32 Å². The van der Waals surface area contributed by atoms with Crippen molar-refractivity contribution >= 4 is 5.69 Å². The van der Waals surface area contributed by atoms with E-state index in [1.54, 1.807) is 6.07 Å². The maximum atomic E-state index is 13.5. The van der Waals surface area contributed by atoms with Crippen molar-refractivity contribution in [1.82, 2.24) is 4.90 Å². The number of halogens is 1. The second kappa shape index (κ2) is 5.70. The number of anilines is 1. The zero-order valence-electron chi connectivity index (χ0n) is 11.5. The van der Waals surface area contributed by atoms with Crippen LogP contribution in [0.2, 0.25) is 0 Å². The molecule has 1 atom stereocenters. The number of hydrogen-bond acceptors (Lipinski definition) is 2. The quantitative estimate of drug-likeness (QED) is 0.885. The van der Waals surface area contributed by atoms with E-state index in [1.807, 2.05) is 13.0 Å². The zero-order chi connectivity index (χ0) is 13.1. The number of piperidine rings is 1. The van der Waals surface area contributed by atoms with E-state index < -0.39 is 0 Å². The molecule has 0 saturated carbocycles. The molecule has 1 aromatic carbocycles. The Morgan fingerprint density at radius 1 is 1.33 bits per heavy atom. The third-order valence-corrected chi connectivity index (χ3v) is 4.12. The molecule has 1 fully saturated rings. The lowest BCUT2D eigenvalue weighted by Crippen LogP contribution is -2.37. The predicted molar refractivity (Wildman–Crippen MR) is 74.4 cm³/mol. The van der Waals surface area contributed by atoms with Crippen molar-refractivity contribution in [1.29, 1.82) is 0 Å². The Morgan fingerprint density at radius 3 is 2.67 bits per heavy atom. The van der Waals surface area contributed by atoms with Crippen molar-refractivity contribution in [2.45, 2.75) is 32.7 Å². The van der Waals surface area contributed by atoms with Crippen LogP contribution in [0.15, 0.2) is 18.2 Å². The Kier molecular flexibility index (Phi) is 4.23. The average molecular weight is 250 g/mol. The summed E-state index contributed by atoms with van der Waals surface area (Å²) in [4.78, 5) is 2.37. The van der Waals surface area contributed by atoms with Crippen LogP contribution in [-0.4, -0.2) is 31.1 Å². The molecule has 1 heterocycles. The number of benzene rings is 1. The van der Waals surface area contributed by atoms with E-state index in [-0.39, 0.29) is 5.82 Å². The van der Waals surface area contributed by atoms with Gasteiger partial charge in [0, 0.05) is 17.3 Å². The summed E-state index contributed by atoms with van der Waals surface area (Å²) in [5.41, 5.74) is 1.65. The van der Waals surface area contributed by atoms with Gasteiger partial charge in [-0.05, 0) is 64.9 Å². The summed E-state index contributed by atoms with van der Waals surface area (Å²) in [6.07, 6.45) is 2.44. The Hall–Kier alpha value is -1.09. The van der Waals surface area contributed by atoms with E-state index in [4.69, 9.17) is 0 Å². The Morgan fingerprint density at radius 2 is 2.00 bits per heavy atom. The van der Waals surface area contributed by atoms with Crippen molar-refractivity contribution in [3.63, 3.8) is 0 Å². The van der Waals surface area contributed by atoms with Crippen molar-refractivity contribution in [3.8, 4) is 0 Å². The van der Waals surface area contributed by atoms with Crippen LogP contribution in [-0.2, 0) is 0 Å². The lowest BCUT2D eigenvalue weighted by Gasteiger charge is -2.33. The first-order valence-electron chi connectivity index (χ1n) is 6.78. The van der Waals surface area contributed by atoms with E-state index in [2.05, 4.69) is 24.2 Å². The molecule has 1 aromatic rings. The smallest absolute Gasteiger partial charge is 0.128 e. The highest BCUT2D eigenvalue weighted by Crippen LogP contribution is 2.24. The van der Waals surface area contributed by atoms with E-state index in [9.17, 15) is 4.39 Å². The summed E-state index contributed by atoms with van der Waals surface area (Å²) >= 11 is 0. The fourth-order valence-corrected chi connectivity index (χ4v) is 2.66. The molecule has 1 N–H and O–H groups in total. The highest BCUT2D eigenvalue weighted by molar-refractivity contribution is 5.51. The Bertz CT molecular complexity index is 397. The maximum Gasteiger partial charge on any atom is 0.128 e. The minimum atomic E-state index is -0.129. The summed E-state index contributed by atoms with van der Waals surface area (Å²) in [5.74, 6) is 0.555. The van der Waals surface area contributed by atoms with Gasteiger partial charge in [-0.3, -0.25) is 0 Å². The Balaban J connectivity index is 1.98. The molecular weight excluding hydrogens is 227 g/mol. The van der Waals surface area contributed by atoms with E-state index >= 15 is 0 Å². The summed E-state index contributed by atoms with van der Waals surface area (Å²) in [5, 5.41) is 3.48. The van der Waals surface area contributed by atoms with Crippen molar-refractivity contribution in [3.05, 3.63) is 29.6 Å². The molecule has 1 unspecified atom stereocenters. The van der Waals surface area contributed by atoms with Crippen LogP contribution in [0.25, 0.3) is 0 Å². The zero-order valence-corrected chi connectivity index (χ0v) is 11.5. The van der Waals surface area contributed by atoms with Gasteiger partial charge in [-0.2, -0.15) is 0 Å². The number of nitrogens with one attached hydrogen (secondary N) is 1. The van der Waals surface area contributed by atoms with Gasteiger partial charge < -0.3 is 10.2 Å². The molecule has 0 aliphatic carbocycles. The van der Waals surface area contributed by atoms with Gasteiger partial charge in [-0.1, -0.05) is 6.07 Å². The van der Waals surface area contributed by atoms with Gasteiger partial charge in [-0.25, -0.2) is 4.39 Å². The van der Waals surface area contributed by atoms with Crippen molar-refractivity contribution in [2.75, 3.05) is 25.5 Å². The minimum Gasteiger partial charge on any atom is -0.382 e. The number of hydrogen-bond donors (Lipinski definition) is 1. The van der Waals surface area contributed by atoms with E-state index in [0.717, 1.165) is 11.3 Å². The molecule has 100 valence electrons. The van der Waals surface area contributed by atoms with Gasteiger partial charge in [-0.15, -0.1) is 0 Å². The molecule has 0 amide bonds. The predicted octanol–water partition coefficient (Wildman–Crippen LogP) is 3.28. The molecule has 0 bridgehead atoms. The van der Waals surface area contributed by atoms with E-state index in [1.165, 1.54) is 32.0 Å². The summed E-state index contributed by atoms with van der Waals surface area (Å²) in [6, 6.07) is 5.65. The maximum absolute atomic E-state index is 13.5. The lowest BCUT2D eigenvalue weighted by molar-refractivity contribution is 0.208. The molecule has 3 heteroatoms. The van der Waals surface area contributed by atoms with Crippen LogP contribution in [0.4, 0.5) is 10.1 Å². The van der Waals surface area contributed by atoms with Crippen molar-refractivity contribution in [2.24, 2.45) is 5.92 Å². The molecule has 18 heavy (non-hydrogen) atoms. The minimum absolute atomic E-state index is 0.129. The monoisotopic (exact) mass is 250 g/mol.